The first-order valence-corrected chi connectivity index (χ1v) is 7.54. The van der Waals surface area contributed by atoms with Gasteiger partial charge in [-0.15, -0.1) is 0 Å². The molecular formula is C17H20N2O2. The number of hydrogen-bond donors (Lipinski definition) is 0. The predicted molar refractivity (Wildman–Crippen MR) is 83.2 cm³/mol. The van der Waals surface area contributed by atoms with Crippen LogP contribution in [0.1, 0.15) is 26.2 Å². The first-order chi connectivity index (χ1) is 10.2. The van der Waals surface area contributed by atoms with Crippen LogP contribution in [0.25, 0.3) is 10.8 Å². The number of fused-ring (bicyclic) bond motifs is 1. The number of piperidine rings is 1. The number of aromatic nitrogens is 1. The number of nitrogens with zero attached hydrogens (tertiary/aromatic N) is 2. The van der Waals surface area contributed by atoms with Crippen LogP contribution in [-0.2, 0) is 11.3 Å². The summed E-state index contributed by atoms with van der Waals surface area (Å²) in [6.45, 7) is 3.02. The van der Waals surface area contributed by atoms with E-state index in [9.17, 15) is 9.59 Å². The highest BCUT2D eigenvalue weighted by Gasteiger charge is 2.23. The van der Waals surface area contributed by atoms with Crippen LogP contribution in [0.2, 0.25) is 0 Å². The third-order valence-corrected chi connectivity index (χ3v) is 4.32. The quantitative estimate of drug-likeness (QED) is 0.850. The van der Waals surface area contributed by atoms with Gasteiger partial charge in [0.1, 0.15) is 6.54 Å². The molecule has 1 amide bonds. The molecule has 1 saturated heterocycles. The third kappa shape index (κ3) is 2.71. The van der Waals surface area contributed by atoms with Crippen LogP contribution in [0.3, 0.4) is 0 Å². The molecule has 0 N–H and O–H groups in total. The highest BCUT2D eigenvalue weighted by molar-refractivity contribution is 5.82. The van der Waals surface area contributed by atoms with Crippen LogP contribution in [0, 0.1) is 0 Å². The summed E-state index contributed by atoms with van der Waals surface area (Å²) >= 11 is 0. The van der Waals surface area contributed by atoms with E-state index in [4.69, 9.17) is 0 Å². The van der Waals surface area contributed by atoms with Gasteiger partial charge in [-0.05, 0) is 43.7 Å². The smallest absolute Gasteiger partial charge is 0.258 e. The lowest BCUT2D eigenvalue weighted by atomic mass is 10.0. The number of benzene rings is 1. The van der Waals surface area contributed by atoms with Gasteiger partial charge in [-0.2, -0.15) is 0 Å². The molecule has 0 bridgehead atoms. The number of likely N-dealkylation sites (tertiary alicyclic amines) is 1. The van der Waals surface area contributed by atoms with E-state index in [1.807, 2.05) is 35.2 Å². The van der Waals surface area contributed by atoms with E-state index in [0.29, 0.717) is 5.39 Å². The van der Waals surface area contributed by atoms with E-state index in [1.54, 1.807) is 6.20 Å². The molecule has 3 rings (SSSR count). The summed E-state index contributed by atoms with van der Waals surface area (Å²) in [6, 6.07) is 9.65. The van der Waals surface area contributed by atoms with E-state index in [1.165, 1.54) is 11.0 Å². The topological polar surface area (TPSA) is 42.3 Å². The first kappa shape index (κ1) is 13.9. The van der Waals surface area contributed by atoms with Gasteiger partial charge in [0.05, 0.1) is 0 Å². The lowest BCUT2D eigenvalue weighted by Gasteiger charge is -2.33. The zero-order chi connectivity index (χ0) is 14.8. The molecule has 0 radical (unpaired) electrons. The Morgan fingerprint density at radius 2 is 2.05 bits per heavy atom. The number of hydrogen-bond acceptors (Lipinski definition) is 2. The van der Waals surface area contributed by atoms with E-state index >= 15 is 0 Å². The molecule has 1 aliphatic heterocycles. The monoisotopic (exact) mass is 284 g/mol. The zero-order valence-electron chi connectivity index (χ0n) is 12.3. The van der Waals surface area contributed by atoms with Crippen molar-refractivity contribution in [1.82, 2.24) is 9.47 Å². The molecule has 2 heterocycles. The Morgan fingerprint density at radius 1 is 1.24 bits per heavy atom. The molecule has 0 saturated carbocycles. The maximum Gasteiger partial charge on any atom is 0.258 e. The summed E-state index contributed by atoms with van der Waals surface area (Å²) in [5.41, 5.74) is -0.0916. The van der Waals surface area contributed by atoms with Crippen molar-refractivity contribution in [1.29, 1.82) is 0 Å². The molecule has 1 aromatic carbocycles. The largest absolute Gasteiger partial charge is 0.338 e. The van der Waals surface area contributed by atoms with Crippen LogP contribution < -0.4 is 5.56 Å². The average Bonchev–Trinajstić information content (AvgIpc) is 2.51. The van der Waals surface area contributed by atoms with Crippen molar-refractivity contribution in [2.24, 2.45) is 0 Å². The first-order valence-electron chi connectivity index (χ1n) is 7.54. The Labute approximate surface area is 124 Å². The van der Waals surface area contributed by atoms with Crippen molar-refractivity contribution in [3.63, 3.8) is 0 Å². The predicted octanol–water partition coefficient (Wildman–Crippen LogP) is 2.40. The summed E-state index contributed by atoms with van der Waals surface area (Å²) in [7, 11) is 0. The van der Waals surface area contributed by atoms with Gasteiger partial charge < -0.3 is 9.47 Å². The SMILES string of the molecule is C[C@H]1CCCCN1C(=O)Cn1ccc2ccccc2c1=O. The van der Waals surface area contributed by atoms with Crippen molar-refractivity contribution in [3.8, 4) is 0 Å². The van der Waals surface area contributed by atoms with Crippen LogP contribution in [0.15, 0.2) is 41.3 Å². The second-order valence-corrected chi connectivity index (χ2v) is 5.77. The lowest BCUT2D eigenvalue weighted by Crippen LogP contribution is -2.44. The van der Waals surface area contributed by atoms with Gasteiger partial charge in [0.2, 0.25) is 5.91 Å². The molecule has 0 aliphatic carbocycles. The fourth-order valence-electron chi connectivity index (χ4n) is 3.06. The van der Waals surface area contributed by atoms with Crippen LogP contribution in [0.4, 0.5) is 0 Å². The van der Waals surface area contributed by atoms with Crippen molar-refractivity contribution in [2.45, 2.75) is 38.8 Å². The van der Waals surface area contributed by atoms with Gasteiger partial charge >= 0.3 is 0 Å². The summed E-state index contributed by atoms with van der Waals surface area (Å²) < 4.78 is 1.52. The molecule has 2 aromatic rings. The highest BCUT2D eigenvalue weighted by atomic mass is 16.2. The second-order valence-electron chi connectivity index (χ2n) is 5.77. The Bertz CT molecular complexity index is 720. The van der Waals surface area contributed by atoms with Crippen molar-refractivity contribution in [2.75, 3.05) is 6.54 Å². The van der Waals surface area contributed by atoms with Gasteiger partial charge in [-0.3, -0.25) is 9.59 Å². The highest BCUT2D eigenvalue weighted by Crippen LogP contribution is 2.17. The minimum Gasteiger partial charge on any atom is -0.338 e. The minimum atomic E-state index is -0.0916. The molecule has 1 aliphatic rings. The van der Waals surface area contributed by atoms with Crippen LogP contribution in [0.5, 0.6) is 0 Å². The maximum absolute atomic E-state index is 12.4. The van der Waals surface area contributed by atoms with E-state index in [-0.39, 0.29) is 24.1 Å². The molecule has 0 spiro atoms. The summed E-state index contributed by atoms with van der Waals surface area (Å²) in [5, 5.41) is 1.58. The van der Waals surface area contributed by atoms with Crippen molar-refractivity contribution >= 4 is 16.7 Å². The lowest BCUT2D eigenvalue weighted by molar-refractivity contribution is -0.135. The van der Waals surface area contributed by atoms with Crippen LogP contribution >= 0.6 is 0 Å². The van der Waals surface area contributed by atoms with Crippen molar-refractivity contribution in [3.05, 3.63) is 46.9 Å². The van der Waals surface area contributed by atoms with Gasteiger partial charge in [0, 0.05) is 24.2 Å². The number of amides is 1. The fraction of sp³-hybridized carbons (Fsp3) is 0.412. The number of pyridine rings is 1. The molecule has 4 heteroatoms. The molecule has 110 valence electrons. The van der Waals surface area contributed by atoms with Gasteiger partial charge in [0.25, 0.3) is 5.56 Å². The molecule has 1 aromatic heterocycles. The fourth-order valence-corrected chi connectivity index (χ4v) is 3.06. The molecule has 1 fully saturated rings. The molecule has 0 unspecified atom stereocenters. The Hall–Kier alpha value is -2.10. The van der Waals surface area contributed by atoms with Crippen molar-refractivity contribution < 1.29 is 4.79 Å². The second kappa shape index (κ2) is 5.72. The molecule has 1 atom stereocenters. The minimum absolute atomic E-state index is 0.0413. The number of carbonyl (C=O) groups excluding carboxylic acids is 1. The summed E-state index contributed by atoms with van der Waals surface area (Å²) in [6.07, 6.45) is 5.01. The Kier molecular flexibility index (Phi) is 3.78. The van der Waals surface area contributed by atoms with Gasteiger partial charge in [0.15, 0.2) is 0 Å². The Morgan fingerprint density at radius 3 is 2.86 bits per heavy atom. The molecule has 4 nitrogen and oxygen atoms in total. The van der Waals surface area contributed by atoms with Crippen LogP contribution in [-0.4, -0.2) is 28.0 Å². The normalized spacial score (nSPS) is 18.9. The maximum atomic E-state index is 12.4. The van der Waals surface area contributed by atoms with Gasteiger partial charge in [-0.1, -0.05) is 18.2 Å². The Balaban J connectivity index is 1.86. The molecule has 21 heavy (non-hydrogen) atoms. The third-order valence-electron chi connectivity index (χ3n) is 4.32. The van der Waals surface area contributed by atoms with Gasteiger partial charge in [-0.25, -0.2) is 0 Å². The zero-order valence-corrected chi connectivity index (χ0v) is 12.3. The number of rotatable bonds is 2. The van der Waals surface area contributed by atoms with E-state index in [2.05, 4.69) is 6.92 Å². The number of carbonyl (C=O) groups is 1. The molecular weight excluding hydrogens is 264 g/mol. The van der Waals surface area contributed by atoms with E-state index in [0.717, 1.165) is 24.8 Å². The summed E-state index contributed by atoms with van der Waals surface area (Å²) in [5.74, 6) is 0.0413. The standard InChI is InChI=1S/C17H20N2O2/c1-13-6-4-5-10-19(13)16(20)12-18-11-9-14-7-2-3-8-15(14)17(18)21/h2-3,7-9,11,13H,4-6,10,12H2,1H3/t13-/m0/s1. The average molecular weight is 284 g/mol. The van der Waals surface area contributed by atoms with E-state index < -0.39 is 0 Å². The summed E-state index contributed by atoms with van der Waals surface area (Å²) in [4.78, 5) is 26.8.